The van der Waals surface area contributed by atoms with Gasteiger partial charge in [-0.15, -0.1) is 0 Å². The molecule has 0 radical (unpaired) electrons. The van der Waals surface area contributed by atoms with Gasteiger partial charge >= 0.3 is 11.8 Å². The van der Waals surface area contributed by atoms with E-state index in [4.69, 9.17) is 0 Å². The van der Waals surface area contributed by atoms with Crippen LogP contribution >= 0.6 is 0 Å². The molecule has 1 aliphatic carbocycles. The van der Waals surface area contributed by atoms with Crippen molar-refractivity contribution in [2.75, 3.05) is 0 Å². The van der Waals surface area contributed by atoms with Crippen LogP contribution in [0.4, 0.5) is 17.6 Å². The molecule has 0 atom stereocenters. The molecule has 0 aromatic heterocycles. The summed E-state index contributed by atoms with van der Waals surface area (Å²) in [5, 5.41) is 0. The van der Waals surface area contributed by atoms with E-state index in [1.165, 1.54) is 0 Å². The molecule has 1 fully saturated rings. The third-order valence-electron chi connectivity index (χ3n) is 1.17. The zero-order valence-electron chi connectivity index (χ0n) is 4.33. The summed E-state index contributed by atoms with van der Waals surface area (Å²) < 4.78 is 46.6. The van der Waals surface area contributed by atoms with Crippen LogP contribution < -0.4 is 0 Å². The predicted molar refractivity (Wildman–Crippen MR) is 19.9 cm³/mol. The van der Waals surface area contributed by atoms with Crippen LogP contribution in [0.25, 0.3) is 0 Å². The Morgan fingerprint density at radius 2 is 1.00 bits per heavy atom. The number of hydrogen-bond donors (Lipinski definition) is 0. The Kier molecular flexibility index (Phi) is 0.990. The minimum atomic E-state index is -4.77. The van der Waals surface area contributed by atoms with Gasteiger partial charge in [0.25, 0.3) is 11.6 Å². The van der Waals surface area contributed by atoms with E-state index in [0.29, 0.717) is 0 Å². The molecule has 1 saturated carbocycles. The second-order valence-electron chi connectivity index (χ2n) is 1.81. The average molecular weight is 156 g/mol. The highest BCUT2D eigenvalue weighted by molar-refractivity contribution is 6.50. The first-order valence-electron chi connectivity index (χ1n) is 2.16. The lowest BCUT2D eigenvalue weighted by molar-refractivity contribution is -0.234. The van der Waals surface area contributed by atoms with Crippen molar-refractivity contribution in [2.45, 2.75) is 11.8 Å². The van der Waals surface area contributed by atoms with E-state index in [9.17, 15) is 27.2 Å². The minimum absolute atomic E-state index is 2.31. The quantitative estimate of drug-likeness (QED) is 0.376. The second-order valence-corrected chi connectivity index (χ2v) is 1.81. The van der Waals surface area contributed by atoms with Gasteiger partial charge < -0.3 is 0 Å². The number of hydrogen-bond acceptors (Lipinski definition) is 2. The standard InChI is InChI=1S/C4F4O2/c5-3(6)1(9)2(10)4(3,7)8. The first-order valence-corrected chi connectivity index (χ1v) is 2.16. The fraction of sp³-hybridized carbons (Fsp3) is 0.500. The number of carbonyl (C=O) groups excluding carboxylic acids is 2. The molecule has 0 aromatic rings. The summed E-state index contributed by atoms with van der Waals surface area (Å²) in [7, 11) is 0. The molecule has 1 rings (SSSR count). The van der Waals surface area contributed by atoms with Crippen LogP contribution in [-0.2, 0) is 9.59 Å². The van der Waals surface area contributed by atoms with E-state index >= 15 is 0 Å². The van der Waals surface area contributed by atoms with Crippen LogP contribution in [0.5, 0.6) is 0 Å². The maximum absolute atomic E-state index is 11.6. The van der Waals surface area contributed by atoms with Crippen molar-refractivity contribution in [1.29, 1.82) is 0 Å². The lowest BCUT2D eigenvalue weighted by atomic mass is 9.86. The summed E-state index contributed by atoms with van der Waals surface area (Å²) in [6.45, 7) is 0. The zero-order valence-corrected chi connectivity index (χ0v) is 4.33. The van der Waals surface area contributed by atoms with Gasteiger partial charge in [-0.25, -0.2) is 0 Å². The van der Waals surface area contributed by atoms with Gasteiger partial charge in [0.15, 0.2) is 0 Å². The third kappa shape index (κ3) is 0.448. The lowest BCUT2D eigenvalue weighted by Crippen LogP contribution is -2.68. The Hall–Kier alpha value is -0.940. The number of halogens is 4. The van der Waals surface area contributed by atoms with E-state index in [1.54, 1.807) is 0 Å². The number of Topliss-reactive ketones (excluding diaryl/α,β-unsaturated/α-hetero) is 2. The molecule has 0 aliphatic heterocycles. The third-order valence-corrected chi connectivity index (χ3v) is 1.17. The van der Waals surface area contributed by atoms with Crippen LogP contribution in [0.3, 0.4) is 0 Å². The van der Waals surface area contributed by atoms with Gasteiger partial charge in [0.2, 0.25) is 0 Å². The summed E-state index contributed by atoms with van der Waals surface area (Å²) in [6.07, 6.45) is 0. The Balaban J connectivity index is 3.04. The largest absolute Gasteiger partial charge is 0.382 e. The molecule has 2 nitrogen and oxygen atoms in total. The average Bonchev–Trinajstić information content (AvgIpc) is 1.84. The molecule has 0 aromatic carbocycles. The van der Waals surface area contributed by atoms with E-state index in [-0.39, 0.29) is 0 Å². The van der Waals surface area contributed by atoms with Crippen molar-refractivity contribution < 1.29 is 27.2 Å². The van der Waals surface area contributed by atoms with Crippen LogP contribution in [0.2, 0.25) is 0 Å². The van der Waals surface area contributed by atoms with Gasteiger partial charge in [0, 0.05) is 0 Å². The van der Waals surface area contributed by atoms with Crippen molar-refractivity contribution in [3.05, 3.63) is 0 Å². The summed E-state index contributed by atoms with van der Waals surface area (Å²) >= 11 is 0. The maximum atomic E-state index is 11.6. The van der Waals surface area contributed by atoms with Crippen molar-refractivity contribution in [1.82, 2.24) is 0 Å². The van der Waals surface area contributed by atoms with Gasteiger partial charge in [-0.2, -0.15) is 17.6 Å². The molecule has 1 aliphatic rings. The summed E-state index contributed by atoms with van der Waals surface area (Å²) in [5.74, 6) is -14.2. The smallest absolute Gasteiger partial charge is 0.283 e. The molecule has 0 heterocycles. The predicted octanol–water partition coefficient (Wildman–Crippen LogP) is 0.409. The fourth-order valence-electron chi connectivity index (χ4n) is 0.508. The molecule has 0 saturated heterocycles. The second kappa shape index (κ2) is 1.38. The fourth-order valence-corrected chi connectivity index (χ4v) is 0.508. The van der Waals surface area contributed by atoms with Crippen LogP contribution in [0.15, 0.2) is 0 Å². The lowest BCUT2D eigenvalue weighted by Gasteiger charge is -2.31. The van der Waals surface area contributed by atoms with Crippen molar-refractivity contribution in [2.24, 2.45) is 0 Å². The summed E-state index contributed by atoms with van der Waals surface area (Å²) in [6, 6.07) is 0. The van der Waals surface area contributed by atoms with Gasteiger partial charge in [0.05, 0.1) is 0 Å². The molecule has 0 unspecified atom stereocenters. The normalized spacial score (nSPS) is 28.0. The molecule has 56 valence electrons. The highest BCUT2D eigenvalue weighted by atomic mass is 19.3. The Bertz CT molecular complexity index is 195. The Labute approximate surface area is 51.8 Å². The Morgan fingerprint density at radius 3 is 1.10 bits per heavy atom. The summed E-state index contributed by atoms with van der Waals surface area (Å²) in [4.78, 5) is 19.4. The molecule has 0 bridgehead atoms. The molecular formula is C4F4O2. The SMILES string of the molecule is O=C1C(=O)C(F)(F)C1(F)F. The van der Waals surface area contributed by atoms with Gasteiger partial charge in [-0.1, -0.05) is 0 Å². The molecule has 6 heteroatoms. The van der Waals surface area contributed by atoms with E-state index < -0.39 is 23.4 Å². The van der Waals surface area contributed by atoms with Crippen molar-refractivity contribution in [3.8, 4) is 0 Å². The number of rotatable bonds is 0. The van der Waals surface area contributed by atoms with Crippen LogP contribution in [0, 0.1) is 0 Å². The van der Waals surface area contributed by atoms with Crippen LogP contribution in [0.1, 0.15) is 0 Å². The minimum Gasteiger partial charge on any atom is -0.283 e. The first-order chi connectivity index (χ1) is 4.32. The monoisotopic (exact) mass is 156 g/mol. The molecule has 0 amide bonds. The van der Waals surface area contributed by atoms with Crippen LogP contribution in [-0.4, -0.2) is 23.4 Å². The van der Waals surface area contributed by atoms with Gasteiger partial charge in [-0.05, 0) is 0 Å². The maximum Gasteiger partial charge on any atom is 0.382 e. The topological polar surface area (TPSA) is 34.1 Å². The summed E-state index contributed by atoms with van der Waals surface area (Å²) in [5.41, 5.74) is 0. The number of ketones is 2. The van der Waals surface area contributed by atoms with E-state index in [1.807, 2.05) is 0 Å². The van der Waals surface area contributed by atoms with Crippen molar-refractivity contribution >= 4 is 11.6 Å². The highest BCUT2D eigenvalue weighted by Crippen LogP contribution is 2.44. The number of carbonyl (C=O) groups is 2. The number of alkyl halides is 4. The van der Waals surface area contributed by atoms with Crippen molar-refractivity contribution in [3.63, 3.8) is 0 Å². The molecule has 0 N–H and O–H groups in total. The Morgan fingerprint density at radius 1 is 0.800 bits per heavy atom. The van der Waals surface area contributed by atoms with Gasteiger partial charge in [0.1, 0.15) is 0 Å². The van der Waals surface area contributed by atoms with Gasteiger partial charge in [-0.3, -0.25) is 9.59 Å². The molecule has 10 heavy (non-hydrogen) atoms. The molecule has 0 spiro atoms. The molecular weight excluding hydrogens is 156 g/mol. The highest BCUT2D eigenvalue weighted by Gasteiger charge is 2.80. The van der Waals surface area contributed by atoms with E-state index in [2.05, 4.69) is 0 Å². The first kappa shape index (κ1) is 7.17. The zero-order chi connectivity index (χ0) is 8.15. The van der Waals surface area contributed by atoms with E-state index in [0.717, 1.165) is 0 Å².